The Morgan fingerprint density at radius 1 is 1.32 bits per heavy atom. The van der Waals surface area contributed by atoms with E-state index in [9.17, 15) is 0 Å². The Morgan fingerprint density at radius 2 is 2.11 bits per heavy atom. The highest BCUT2D eigenvalue weighted by atomic mass is 35.5. The maximum atomic E-state index is 6.01. The molecule has 1 aromatic heterocycles. The van der Waals surface area contributed by atoms with E-state index in [2.05, 4.69) is 4.98 Å². The summed E-state index contributed by atoms with van der Waals surface area (Å²) in [7, 11) is 0. The van der Waals surface area contributed by atoms with Gasteiger partial charge in [0.15, 0.2) is 0 Å². The number of hydrogen-bond acceptors (Lipinski definition) is 3. The van der Waals surface area contributed by atoms with Gasteiger partial charge in [0.1, 0.15) is 11.9 Å². The van der Waals surface area contributed by atoms with Gasteiger partial charge in [-0.15, -0.1) is 0 Å². The smallest absolute Gasteiger partial charge is 0.140 e. The monoisotopic (exact) mass is 276 g/mol. The van der Waals surface area contributed by atoms with E-state index in [1.54, 1.807) is 12.4 Å². The van der Waals surface area contributed by atoms with Gasteiger partial charge in [-0.1, -0.05) is 17.7 Å². The summed E-state index contributed by atoms with van der Waals surface area (Å²) in [6, 6.07) is 9.29. The van der Waals surface area contributed by atoms with Crippen LogP contribution in [0.3, 0.4) is 0 Å². The Kier molecular flexibility index (Phi) is 4.40. The fourth-order valence-electron chi connectivity index (χ4n) is 1.86. The first kappa shape index (κ1) is 13.8. The van der Waals surface area contributed by atoms with Crippen molar-refractivity contribution >= 4 is 11.6 Å². The molecule has 1 aromatic carbocycles. The van der Waals surface area contributed by atoms with Crippen molar-refractivity contribution in [3.05, 3.63) is 58.9 Å². The third kappa shape index (κ3) is 3.46. The number of hydrogen-bond donors (Lipinski definition) is 1. The number of ether oxygens (including phenoxy) is 1. The predicted octanol–water partition coefficient (Wildman–Crippen LogP) is 3.51. The number of nitrogens with two attached hydrogens (primary N) is 1. The van der Waals surface area contributed by atoms with Crippen LogP contribution in [0.1, 0.15) is 24.2 Å². The molecule has 2 aromatic rings. The fourth-order valence-corrected chi connectivity index (χ4v) is 1.98. The average Bonchev–Trinajstić information content (AvgIpc) is 2.40. The van der Waals surface area contributed by atoms with E-state index in [0.29, 0.717) is 0 Å². The summed E-state index contributed by atoms with van der Waals surface area (Å²) < 4.78 is 5.97. The Labute approximate surface area is 118 Å². The van der Waals surface area contributed by atoms with Crippen molar-refractivity contribution < 1.29 is 4.74 Å². The standard InChI is InChI=1S/C15H17ClN2O/c1-10-8-13(5-6-14(10)16)19-15(11(2)17)12-4-3-7-18-9-12/h3-9,11,15H,17H2,1-2H3. The summed E-state index contributed by atoms with van der Waals surface area (Å²) in [5.74, 6) is 0.757. The van der Waals surface area contributed by atoms with Crippen molar-refractivity contribution in [2.75, 3.05) is 0 Å². The highest BCUT2D eigenvalue weighted by Crippen LogP contribution is 2.27. The third-order valence-corrected chi connectivity index (χ3v) is 3.31. The van der Waals surface area contributed by atoms with Gasteiger partial charge in [-0.2, -0.15) is 0 Å². The van der Waals surface area contributed by atoms with E-state index in [1.165, 1.54) is 0 Å². The van der Waals surface area contributed by atoms with Crippen LogP contribution in [0.2, 0.25) is 5.02 Å². The van der Waals surface area contributed by atoms with Crippen LogP contribution in [0.15, 0.2) is 42.7 Å². The zero-order valence-corrected chi connectivity index (χ0v) is 11.8. The van der Waals surface area contributed by atoms with E-state index in [4.69, 9.17) is 22.1 Å². The van der Waals surface area contributed by atoms with Gasteiger partial charge in [-0.3, -0.25) is 4.98 Å². The van der Waals surface area contributed by atoms with Crippen molar-refractivity contribution in [3.63, 3.8) is 0 Å². The predicted molar refractivity (Wildman–Crippen MR) is 77.4 cm³/mol. The Morgan fingerprint density at radius 3 is 2.68 bits per heavy atom. The molecule has 2 rings (SSSR count). The van der Waals surface area contributed by atoms with Crippen LogP contribution < -0.4 is 10.5 Å². The molecule has 19 heavy (non-hydrogen) atoms. The SMILES string of the molecule is Cc1cc(OC(c2cccnc2)C(C)N)ccc1Cl. The molecule has 0 saturated carbocycles. The second-order valence-electron chi connectivity index (χ2n) is 4.59. The Bertz CT molecular complexity index is 543. The molecule has 4 heteroatoms. The van der Waals surface area contributed by atoms with E-state index < -0.39 is 0 Å². The molecule has 0 saturated heterocycles. The lowest BCUT2D eigenvalue weighted by Gasteiger charge is -2.23. The molecule has 0 amide bonds. The number of nitrogens with zero attached hydrogens (tertiary/aromatic N) is 1. The molecule has 2 N–H and O–H groups in total. The summed E-state index contributed by atoms with van der Waals surface area (Å²) in [5, 5.41) is 0.728. The van der Waals surface area contributed by atoms with Gasteiger partial charge in [0.2, 0.25) is 0 Å². The molecule has 0 fully saturated rings. The lowest BCUT2D eigenvalue weighted by Crippen LogP contribution is -2.29. The summed E-state index contributed by atoms with van der Waals surface area (Å²) in [5.41, 5.74) is 7.95. The number of aryl methyl sites for hydroxylation is 1. The lowest BCUT2D eigenvalue weighted by molar-refractivity contribution is 0.180. The van der Waals surface area contributed by atoms with Gasteiger partial charge in [0, 0.05) is 29.0 Å². The highest BCUT2D eigenvalue weighted by molar-refractivity contribution is 6.31. The van der Waals surface area contributed by atoms with Crippen molar-refractivity contribution in [2.45, 2.75) is 26.0 Å². The van der Waals surface area contributed by atoms with Gasteiger partial charge in [0.25, 0.3) is 0 Å². The number of aromatic nitrogens is 1. The largest absolute Gasteiger partial charge is 0.484 e. The molecule has 2 unspecified atom stereocenters. The number of pyridine rings is 1. The maximum absolute atomic E-state index is 6.01. The van der Waals surface area contributed by atoms with E-state index in [1.807, 2.05) is 44.2 Å². The van der Waals surface area contributed by atoms with Gasteiger partial charge in [0.05, 0.1) is 0 Å². The van der Waals surface area contributed by atoms with Crippen LogP contribution in [-0.4, -0.2) is 11.0 Å². The number of rotatable bonds is 4. The minimum absolute atomic E-state index is 0.139. The first-order valence-corrected chi connectivity index (χ1v) is 6.54. The van der Waals surface area contributed by atoms with Crippen molar-refractivity contribution in [3.8, 4) is 5.75 Å². The van der Waals surface area contributed by atoms with Crippen molar-refractivity contribution in [2.24, 2.45) is 5.73 Å². The summed E-state index contributed by atoms with van der Waals surface area (Å²) >= 11 is 6.01. The zero-order chi connectivity index (χ0) is 13.8. The first-order chi connectivity index (χ1) is 9.08. The van der Waals surface area contributed by atoms with Gasteiger partial charge < -0.3 is 10.5 Å². The molecule has 0 aliphatic carbocycles. The topological polar surface area (TPSA) is 48.1 Å². The van der Waals surface area contributed by atoms with Gasteiger partial charge in [-0.05, 0) is 43.7 Å². The quantitative estimate of drug-likeness (QED) is 0.930. The van der Waals surface area contributed by atoms with Crippen LogP contribution >= 0.6 is 11.6 Å². The molecule has 0 aliphatic rings. The zero-order valence-electron chi connectivity index (χ0n) is 11.0. The fraction of sp³-hybridized carbons (Fsp3) is 0.267. The molecule has 100 valence electrons. The van der Waals surface area contributed by atoms with Crippen molar-refractivity contribution in [1.29, 1.82) is 0 Å². The van der Waals surface area contributed by atoms with Crippen LogP contribution in [0.25, 0.3) is 0 Å². The molecule has 0 spiro atoms. The van der Waals surface area contributed by atoms with Crippen molar-refractivity contribution in [1.82, 2.24) is 4.98 Å². The normalized spacial score (nSPS) is 13.9. The van der Waals surface area contributed by atoms with Crippen LogP contribution in [0, 0.1) is 6.92 Å². The number of benzene rings is 1. The minimum Gasteiger partial charge on any atom is -0.484 e. The first-order valence-electron chi connectivity index (χ1n) is 6.16. The molecular weight excluding hydrogens is 260 g/mol. The van der Waals surface area contributed by atoms with E-state index in [0.717, 1.165) is 21.9 Å². The second-order valence-corrected chi connectivity index (χ2v) is 5.00. The molecule has 0 aliphatic heterocycles. The maximum Gasteiger partial charge on any atom is 0.140 e. The molecule has 0 radical (unpaired) electrons. The molecule has 0 bridgehead atoms. The third-order valence-electron chi connectivity index (χ3n) is 2.88. The summed E-state index contributed by atoms with van der Waals surface area (Å²) in [6.07, 6.45) is 3.28. The molecule has 1 heterocycles. The lowest BCUT2D eigenvalue weighted by atomic mass is 10.1. The van der Waals surface area contributed by atoms with E-state index >= 15 is 0 Å². The molecular formula is C15H17ClN2O. The Hall–Kier alpha value is -1.58. The average molecular weight is 277 g/mol. The van der Waals surface area contributed by atoms with Crippen LogP contribution in [-0.2, 0) is 0 Å². The van der Waals surface area contributed by atoms with Gasteiger partial charge >= 0.3 is 0 Å². The summed E-state index contributed by atoms with van der Waals surface area (Å²) in [4.78, 5) is 4.10. The highest BCUT2D eigenvalue weighted by Gasteiger charge is 2.18. The Balaban J connectivity index is 2.24. The number of halogens is 1. The van der Waals surface area contributed by atoms with Crippen LogP contribution in [0.5, 0.6) is 5.75 Å². The minimum atomic E-state index is -0.228. The second kappa shape index (κ2) is 6.04. The molecule has 2 atom stereocenters. The summed E-state index contributed by atoms with van der Waals surface area (Å²) in [6.45, 7) is 3.86. The molecule has 3 nitrogen and oxygen atoms in total. The van der Waals surface area contributed by atoms with Crippen LogP contribution in [0.4, 0.5) is 0 Å². The van der Waals surface area contributed by atoms with Gasteiger partial charge in [-0.25, -0.2) is 0 Å². The van der Waals surface area contributed by atoms with E-state index in [-0.39, 0.29) is 12.1 Å².